The van der Waals surface area contributed by atoms with E-state index in [1.165, 1.54) is 6.07 Å². The first-order valence-electron chi connectivity index (χ1n) is 6.09. The second-order valence-corrected chi connectivity index (χ2v) is 5.96. The highest BCUT2D eigenvalue weighted by atomic mass is 79.9. The third-order valence-corrected chi connectivity index (χ3v) is 4.58. The average Bonchev–Trinajstić information content (AvgIpc) is 2.82. The fourth-order valence-electron chi connectivity index (χ4n) is 1.76. The van der Waals surface area contributed by atoms with Crippen LogP contribution in [0, 0.1) is 10.1 Å². The van der Waals surface area contributed by atoms with Gasteiger partial charge in [0.25, 0.3) is 5.69 Å². The number of nitrogens with zero attached hydrogens (tertiary/aromatic N) is 1. The Bertz CT molecular complexity index is 615. The molecular formula is C13H14BrN3O2S. The van der Waals surface area contributed by atoms with Crippen LogP contribution in [0.2, 0.25) is 0 Å². The molecule has 0 amide bonds. The molecule has 2 rings (SSSR count). The number of thiophene rings is 1. The molecule has 106 valence electrons. The van der Waals surface area contributed by atoms with Gasteiger partial charge in [0.1, 0.15) is 0 Å². The summed E-state index contributed by atoms with van der Waals surface area (Å²) in [6.07, 6.45) is 0. The van der Waals surface area contributed by atoms with Crippen molar-refractivity contribution in [2.45, 2.75) is 13.5 Å². The zero-order chi connectivity index (χ0) is 14.5. The molecule has 0 aliphatic carbocycles. The van der Waals surface area contributed by atoms with E-state index in [4.69, 9.17) is 0 Å². The SMILES string of the molecule is CCNc1cc(NCc2sccc2Br)cc([N+](=O)[O-])c1. The van der Waals surface area contributed by atoms with Gasteiger partial charge in [-0.3, -0.25) is 10.1 Å². The van der Waals surface area contributed by atoms with Crippen molar-refractivity contribution in [1.82, 2.24) is 0 Å². The zero-order valence-corrected chi connectivity index (χ0v) is 13.3. The maximum atomic E-state index is 10.9. The predicted octanol–water partition coefficient (Wildman–Crippen LogP) is 4.46. The van der Waals surface area contributed by atoms with E-state index in [1.54, 1.807) is 17.4 Å². The molecule has 0 aliphatic heterocycles. The van der Waals surface area contributed by atoms with Crippen molar-refractivity contribution >= 4 is 44.3 Å². The number of non-ortho nitro benzene ring substituents is 1. The van der Waals surface area contributed by atoms with Gasteiger partial charge in [-0.15, -0.1) is 11.3 Å². The van der Waals surface area contributed by atoms with Crippen LogP contribution in [-0.2, 0) is 6.54 Å². The predicted molar refractivity (Wildman–Crippen MR) is 86.6 cm³/mol. The maximum absolute atomic E-state index is 10.9. The van der Waals surface area contributed by atoms with Crippen LogP contribution in [-0.4, -0.2) is 11.5 Å². The molecule has 5 nitrogen and oxygen atoms in total. The molecule has 0 radical (unpaired) electrons. The van der Waals surface area contributed by atoms with E-state index in [2.05, 4.69) is 26.6 Å². The van der Waals surface area contributed by atoms with E-state index in [-0.39, 0.29) is 10.6 Å². The lowest BCUT2D eigenvalue weighted by Crippen LogP contribution is -2.02. The second kappa shape index (κ2) is 6.71. The smallest absolute Gasteiger partial charge is 0.273 e. The Morgan fingerprint density at radius 2 is 2.00 bits per heavy atom. The Morgan fingerprint density at radius 3 is 2.55 bits per heavy atom. The number of anilines is 2. The molecule has 0 saturated heterocycles. The van der Waals surface area contributed by atoms with Gasteiger partial charge in [-0.05, 0) is 40.4 Å². The minimum absolute atomic E-state index is 0.0798. The summed E-state index contributed by atoms with van der Waals surface area (Å²) in [5.41, 5.74) is 1.56. The first kappa shape index (κ1) is 14.8. The lowest BCUT2D eigenvalue weighted by Gasteiger charge is -2.09. The summed E-state index contributed by atoms with van der Waals surface area (Å²) < 4.78 is 1.05. The molecule has 20 heavy (non-hydrogen) atoms. The fourth-order valence-corrected chi connectivity index (χ4v) is 3.19. The van der Waals surface area contributed by atoms with Gasteiger partial charge in [-0.25, -0.2) is 0 Å². The molecule has 2 aromatic rings. The van der Waals surface area contributed by atoms with Gasteiger partial charge < -0.3 is 10.6 Å². The molecule has 2 N–H and O–H groups in total. The summed E-state index contributed by atoms with van der Waals surface area (Å²) in [7, 11) is 0. The topological polar surface area (TPSA) is 67.2 Å². The highest BCUT2D eigenvalue weighted by Gasteiger charge is 2.10. The van der Waals surface area contributed by atoms with E-state index in [1.807, 2.05) is 24.4 Å². The van der Waals surface area contributed by atoms with E-state index in [9.17, 15) is 10.1 Å². The van der Waals surface area contributed by atoms with Gasteiger partial charge in [0, 0.05) is 39.4 Å². The number of nitro benzene ring substituents is 1. The Hall–Kier alpha value is -1.60. The molecule has 1 aromatic carbocycles. The van der Waals surface area contributed by atoms with Crippen LogP contribution in [0.1, 0.15) is 11.8 Å². The molecule has 1 aromatic heterocycles. The highest BCUT2D eigenvalue weighted by Crippen LogP contribution is 2.27. The van der Waals surface area contributed by atoms with Crippen LogP contribution < -0.4 is 10.6 Å². The van der Waals surface area contributed by atoms with Gasteiger partial charge in [0.05, 0.1) is 11.5 Å². The van der Waals surface area contributed by atoms with E-state index >= 15 is 0 Å². The average molecular weight is 356 g/mol. The summed E-state index contributed by atoms with van der Waals surface area (Å²) in [6, 6.07) is 6.94. The van der Waals surface area contributed by atoms with E-state index in [0.717, 1.165) is 27.3 Å². The quantitative estimate of drug-likeness (QED) is 0.592. The summed E-state index contributed by atoms with van der Waals surface area (Å²) in [5.74, 6) is 0. The monoisotopic (exact) mass is 355 g/mol. The minimum atomic E-state index is -0.382. The van der Waals surface area contributed by atoms with Crippen molar-refractivity contribution in [3.8, 4) is 0 Å². The third kappa shape index (κ3) is 3.71. The number of rotatable bonds is 6. The molecule has 0 aliphatic rings. The molecular weight excluding hydrogens is 342 g/mol. The van der Waals surface area contributed by atoms with Crippen LogP contribution in [0.4, 0.5) is 17.1 Å². The number of halogens is 1. The van der Waals surface area contributed by atoms with Gasteiger partial charge in [0.15, 0.2) is 0 Å². The lowest BCUT2D eigenvalue weighted by molar-refractivity contribution is -0.384. The Balaban J connectivity index is 2.17. The number of benzene rings is 1. The largest absolute Gasteiger partial charge is 0.385 e. The minimum Gasteiger partial charge on any atom is -0.385 e. The first-order chi connectivity index (χ1) is 9.60. The van der Waals surface area contributed by atoms with Crippen molar-refractivity contribution in [1.29, 1.82) is 0 Å². The molecule has 7 heteroatoms. The van der Waals surface area contributed by atoms with Crippen molar-refractivity contribution in [2.75, 3.05) is 17.2 Å². The summed E-state index contributed by atoms with van der Waals surface area (Å²) in [6.45, 7) is 3.30. The number of hydrogen-bond donors (Lipinski definition) is 2. The van der Waals surface area contributed by atoms with E-state index < -0.39 is 0 Å². The van der Waals surface area contributed by atoms with Crippen LogP contribution in [0.15, 0.2) is 34.1 Å². The van der Waals surface area contributed by atoms with Crippen molar-refractivity contribution in [2.24, 2.45) is 0 Å². The normalized spacial score (nSPS) is 10.3. The molecule has 0 unspecified atom stereocenters. The van der Waals surface area contributed by atoms with Crippen molar-refractivity contribution in [3.05, 3.63) is 49.1 Å². The van der Waals surface area contributed by atoms with Gasteiger partial charge in [0.2, 0.25) is 0 Å². The molecule has 0 bridgehead atoms. The maximum Gasteiger partial charge on any atom is 0.273 e. The molecule has 0 fully saturated rings. The Kier molecular flexibility index (Phi) is 4.97. The standard InChI is InChI=1S/C13H14BrN3O2S/c1-2-15-9-5-10(7-11(6-9)17(18)19)16-8-13-12(14)3-4-20-13/h3-7,15-16H,2,8H2,1H3. The third-order valence-electron chi connectivity index (χ3n) is 2.65. The van der Waals surface area contributed by atoms with Crippen LogP contribution in [0.5, 0.6) is 0 Å². The molecule has 0 saturated carbocycles. The summed E-state index contributed by atoms with van der Waals surface area (Å²) in [5, 5.41) is 19.3. The zero-order valence-electron chi connectivity index (χ0n) is 10.9. The van der Waals surface area contributed by atoms with Gasteiger partial charge in [-0.2, -0.15) is 0 Å². The van der Waals surface area contributed by atoms with Crippen molar-refractivity contribution in [3.63, 3.8) is 0 Å². The number of hydrogen-bond acceptors (Lipinski definition) is 5. The lowest BCUT2D eigenvalue weighted by atomic mass is 10.2. The molecule has 0 atom stereocenters. The van der Waals surface area contributed by atoms with Gasteiger partial charge >= 0.3 is 0 Å². The Morgan fingerprint density at radius 1 is 1.30 bits per heavy atom. The van der Waals surface area contributed by atoms with Crippen LogP contribution in [0.25, 0.3) is 0 Å². The highest BCUT2D eigenvalue weighted by molar-refractivity contribution is 9.10. The summed E-state index contributed by atoms with van der Waals surface area (Å²) in [4.78, 5) is 11.7. The number of nitro groups is 1. The molecule has 1 heterocycles. The van der Waals surface area contributed by atoms with Crippen LogP contribution >= 0.6 is 27.3 Å². The number of nitrogens with one attached hydrogen (secondary N) is 2. The fraction of sp³-hybridized carbons (Fsp3) is 0.231. The van der Waals surface area contributed by atoms with Crippen molar-refractivity contribution < 1.29 is 4.92 Å². The second-order valence-electron chi connectivity index (χ2n) is 4.10. The van der Waals surface area contributed by atoms with Gasteiger partial charge in [-0.1, -0.05) is 0 Å². The summed E-state index contributed by atoms with van der Waals surface area (Å²) >= 11 is 5.10. The molecule has 0 spiro atoms. The van der Waals surface area contributed by atoms with E-state index in [0.29, 0.717) is 6.54 Å². The Labute approximate surface area is 129 Å². The first-order valence-corrected chi connectivity index (χ1v) is 7.76. The van der Waals surface area contributed by atoms with Crippen LogP contribution in [0.3, 0.4) is 0 Å².